The molecule has 78 valence electrons. The summed E-state index contributed by atoms with van der Waals surface area (Å²) in [4.78, 5) is 12.1. The first-order chi connectivity index (χ1) is 6.72. The van der Waals surface area contributed by atoms with E-state index < -0.39 is 0 Å². The fourth-order valence-corrected chi connectivity index (χ4v) is 0.918. The first-order valence-electron chi connectivity index (χ1n) is 4.74. The molecule has 0 heterocycles. The second kappa shape index (κ2) is 11.3. The van der Waals surface area contributed by atoms with Gasteiger partial charge in [-0.15, -0.1) is 0 Å². The second-order valence-corrected chi connectivity index (χ2v) is 2.64. The van der Waals surface area contributed by atoms with Crippen LogP contribution in [0.4, 0.5) is 0 Å². The van der Waals surface area contributed by atoms with E-state index in [0.717, 1.165) is 13.1 Å². The van der Waals surface area contributed by atoms with Crippen molar-refractivity contribution >= 4 is 5.91 Å². The Bertz CT molecular complexity index is 208. The van der Waals surface area contributed by atoms with Gasteiger partial charge in [0, 0.05) is 13.1 Å². The molecule has 3 heteroatoms. The van der Waals surface area contributed by atoms with Crippen LogP contribution in [-0.2, 0) is 24.3 Å². The van der Waals surface area contributed by atoms with Crippen molar-refractivity contribution < 1.29 is 24.3 Å². The third kappa shape index (κ3) is 9.49. The Balaban J connectivity index is 0. The first kappa shape index (κ1) is 16.6. The molecule has 0 unspecified atom stereocenters. The molecule has 0 aliphatic rings. The van der Waals surface area contributed by atoms with Crippen molar-refractivity contribution in [3.05, 3.63) is 43.3 Å². The summed E-state index contributed by atoms with van der Waals surface area (Å²) >= 11 is 0. The summed E-state index contributed by atoms with van der Waals surface area (Å²) in [7, 11) is 0. The zero-order valence-corrected chi connectivity index (χ0v) is 12.5. The molecule has 0 spiro atoms. The minimum absolute atomic E-state index is 0. The number of rotatable bonds is 2. The van der Waals surface area contributed by atoms with Crippen LogP contribution in [0.2, 0.25) is 0 Å². The molecule has 1 rings (SSSR count). The Morgan fingerprint density at radius 2 is 1.67 bits per heavy atom. The van der Waals surface area contributed by atoms with Crippen molar-refractivity contribution in [1.82, 2.24) is 4.90 Å². The molecule has 0 fully saturated rings. The number of amides is 1. The van der Waals surface area contributed by atoms with Gasteiger partial charge in [-0.3, -0.25) is 0 Å². The van der Waals surface area contributed by atoms with E-state index in [2.05, 4.69) is 13.0 Å². The van der Waals surface area contributed by atoms with E-state index in [4.69, 9.17) is 0 Å². The molecule has 0 aliphatic carbocycles. The van der Waals surface area contributed by atoms with Crippen molar-refractivity contribution in [1.29, 1.82) is 0 Å². The van der Waals surface area contributed by atoms with Gasteiger partial charge in [0.15, 0.2) is 0 Å². The van der Waals surface area contributed by atoms with Gasteiger partial charge >= 0.3 is 19.5 Å². The number of hydrogen-bond donors (Lipinski definition) is 0. The van der Waals surface area contributed by atoms with Gasteiger partial charge in [-0.25, -0.2) is 0 Å². The number of carbonyl (C=O) groups is 1. The largest absolute Gasteiger partial charge is 2.00 e. The average molecular weight is 257 g/mol. The average Bonchev–Trinajstić information content (AvgIpc) is 2.22. The van der Waals surface area contributed by atoms with Crippen LogP contribution in [0.1, 0.15) is 13.8 Å². The van der Waals surface area contributed by atoms with E-state index in [0.29, 0.717) is 0 Å². The minimum atomic E-state index is -0.0880. The summed E-state index contributed by atoms with van der Waals surface area (Å²) in [6.07, 6.45) is 0. The van der Waals surface area contributed by atoms with Crippen LogP contribution in [0.25, 0.3) is 0 Å². The number of benzene rings is 1. The molecule has 2 nitrogen and oxygen atoms in total. The maximum absolute atomic E-state index is 10.4. The fraction of sp³-hybridized carbons (Fsp3) is 0.333. The van der Waals surface area contributed by atoms with Gasteiger partial charge in [0.25, 0.3) is 0 Å². The van der Waals surface area contributed by atoms with Gasteiger partial charge in [0.1, 0.15) is 0 Å². The quantitative estimate of drug-likeness (QED) is 0.587. The molecular weight excluding hydrogens is 240 g/mol. The molecule has 1 aromatic carbocycles. The van der Waals surface area contributed by atoms with Crippen molar-refractivity contribution in [3.63, 3.8) is 0 Å². The second-order valence-electron chi connectivity index (χ2n) is 2.64. The third-order valence-electron chi connectivity index (χ3n) is 1.72. The minimum Gasteiger partial charge on any atom is -0.368 e. The van der Waals surface area contributed by atoms with Gasteiger partial charge in [0.05, 0.1) is 5.91 Å². The van der Waals surface area contributed by atoms with Gasteiger partial charge in [-0.1, -0.05) is 0 Å². The zero-order valence-electron chi connectivity index (χ0n) is 9.57. The molecule has 0 saturated heterocycles. The van der Waals surface area contributed by atoms with Crippen molar-refractivity contribution in [2.45, 2.75) is 13.8 Å². The van der Waals surface area contributed by atoms with Crippen LogP contribution in [0.5, 0.6) is 0 Å². The van der Waals surface area contributed by atoms with E-state index in [9.17, 15) is 4.79 Å². The monoisotopic (exact) mass is 255 g/mol. The van der Waals surface area contributed by atoms with Crippen LogP contribution in [-0.4, -0.2) is 23.9 Å². The summed E-state index contributed by atoms with van der Waals surface area (Å²) in [5.41, 5.74) is 0. The summed E-state index contributed by atoms with van der Waals surface area (Å²) in [6.45, 7) is 8.67. The van der Waals surface area contributed by atoms with E-state index >= 15 is 0 Å². The molecule has 0 aliphatic heterocycles. The predicted molar refractivity (Wildman–Crippen MR) is 58.6 cm³/mol. The van der Waals surface area contributed by atoms with Crippen molar-refractivity contribution in [2.75, 3.05) is 13.1 Å². The number of carbonyl (C=O) groups excluding carboxylic acids is 1. The Labute approximate surface area is 105 Å². The normalized spacial score (nSPS) is 7.87. The van der Waals surface area contributed by atoms with Gasteiger partial charge < -0.3 is 16.6 Å². The van der Waals surface area contributed by atoms with Crippen molar-refractivity contribution in [2.24, 2.45) is 0 Å². The molecule has 15 heavy (non-hydrogen) atoms. The third-order valence-corrected chi connectivity index (χ3v) is 1.72. The fourth-order valence-electron chi connectivity index (χ4n) is 0.918. The Morgan fingerprint density at radius 3 is 1.73 bits per heavy atom. The summed E-state index contributed by atoms with van der Waals surface area (Å²) in [5, 5.41) is 0. The van der Waals surface area contributed by atoms with Crippen LogP contribution in [0.3, 0.4) is 0 Å². The predicted octanol–water partition coefficient (Wildman–Crippen LogP) is 2.17. The number of nitrogens with zero attached hydrogens (tertiary/aromatic N) is 1. The molecule has 0 bridgehead atoms. The SMILES string of the molecule is [CH2-]C(=O)N(CC)CC.[Zn+2].[c-]1ccccc1. The van der Waals surface area contributed by atoms with Crippen LogP contribution < -0.4 is 0 Å². The van der Waals surface area contributed by atoms with Crippen molar-refractivity contribution in [3.8, 4) is 0 Å². The zero-order chi connectivity index (χ0) is 10.8. The summed E-state index contributed by atoms with van der Waals surface area (Å²) < 4.78 is 0. The number of hydrogen-bond acceptors (Lipinski definition) is 1. The van der Waals surface area contributed by atoms with Crippen LogP contribution in [0, 0.1) is 13.0 Å². The Kier molecular flexibility index (Phi) is 12.5. The molecule has 1 aromatic rings. The molecule has 0 atom stereocenters. The molecular formula is C12H17NOZn. The van der Waals surface area contributed by atoms with Gasteiger partial charge in [-0.05, 0) is 13.8 Å². The Morgan fingerprint density at radius 1 is 1.20 bits per heavy atom. The van der Waals surface area contributed by atoms with Gasteiger partial charge in [0.2, 0.25) is 0 Å². The maximum Gasteiger partial charge on any atom is 2.00 e. The van der Waals surface area contributed by atoms with E-state index in [1.165, 1.54) is 0 Å². The van der Waals surface area contributed by atoms with E-state index in [1.807, 2.05) is 44.2 Å². The summed E-state index contributed by atoms with van der Waals surface area (Å²) in [6, 6.07) is 12.5. The molecule has 0 radical (unpaired) electrons. The molecule has 0 N–H and O–H groups in total. The Hall–Kier alpha value is -0.817. The molecule has 1 amide bonds. The van der Waals surface area contributed by atoms with Gasteiger partial charge in [-0.2, -0.15) is 36.4 Å². The first-order valence-corrected chi connectivity index (χ1v) is 4.74. The maximum atomic E-state index is 10.4. The topological polar surface area (TPSA) is 20.3 Å². The van der Waals surface area contributed by atoms with Crippen LogP contribution >= 0.6 is 0 Å². The van der Waals surface area contributed by atoms with Crippen LogP contribution in [0.15, 0.2) is 30.3 Å². The van der Waals surface area contributed by atoms with E-state index in [-0.39, 0.29) is 25.4 Å². The standard InChI is InChI=1S/C6H12NO.C6H5.Zn/c1-4-7(5-2)6(3)8;1-2-4-6-5-3-1;/h3-5H2,1-2H3;1-5H;/q2*-1;+2. The van der Waals surface area contributed by atoms with E-state index in [1.54, 1.807) is 4.90 Å². The molecule has 0 saturated carbocycles. The summed E-state index contributed by atoms with van der Waals surface area (Å²) in [5.74, 6) is -0.0880. The smallest absolute Gasteiger partial charge is 0.368 e. The molecule has 0 aromatic heterocycles.